The lowest BCUT2D eigenvalue weighted by atomic mass is 10.2. The number of nitrogens with one attached hydrogen (secondary N) is 2. The molecule has 8 nitrogen and oxygen atoms in total. The smallest absolute Gasteiger partial charge is 0.274 e. The number of hydrogen-bond donors (Lipinski definition) is 2. The first kappa shape index (κ1) is 21.9. The Balaban J connectivity index is 1.43. The van der Waals surface area contributed by atoms with Gasteiger partial charge in [-0.3, -0.25) is 9.59 Å². The molecule has 2 N–H and O–H groups in total. The van der Waals surface area contributed by atoms with E-state index < -0.39 is 17.6 Å². The Bertz CT molecular complexity index is 1500. The normalized spacial score (nSPS) is 10.8. The van der Waals surface area contributed by atoms with Crippen LogP contribution in [-0.2, 0) is 0 Å². The zero-order valence-corrected chi connectivity index (χ0v) is 18.5. The molecule has 3 aromatic heterocycles. The lowest BCUT2D eigenvalue weighted by molar-refractivity contribution is 0.101. The van der Waals surface area contributed by atoms with E-state index in [1.165, 1.54) is 35.4 Å². The summed E-state index contributed by atoms with van der Waals surface area (Å²) in [5, 5.41) is 9.79. The van der Waals surface area contributed by atoms with Crippen LogP contribution in [0.25, 0.3) is 17.1 Å². The second-order valence-corrected chi connectivity index (χ2v) is 7.63. The Kier molecular flexibility index (Phi) is 5.72. The topological polar surface area (TPSA) is 102 Å². The summed E-state index contributed by atoms with van der Waals surface area (Å²) in [5.74, 6) is -0.728. The van der Waals surface area contributed by atoms with Gasteiger partial charge in [0.1, 0.15) is 23.0 Å². The summed E-state index contributed by atoms with van der Waals surface area (Å²) >= 11 is 0. The van der Waals surface area contributed by atoms with Crippen molar-refractivity contribution in [3.05, 3.63) is 108 Å². The summed E-state index contributed by atoms with van der Waals surface area (Å²) in [4.78, 5) is 25.7. The van der Waals surface area contributed by atoms with Gasteiger partial charge >= 0.3 is 0 Å². The van der Waals surface area contributed by atoms with Crippen LogP contribution < -0.4 is 10.6 Å². The van der Waals surface area contributed by atoms with Crippen molar-refractivity contribution in [2.24, 2.45) is 0 Å². The molecule has 0 unspecified atom stereocenters. The number of aryl methyl sites for hydroxylation is 1. The Morgan fingerprint density at radius 1 is 0.886 bits per heavy atom. The molecule has 35 heavy (non-hydrogen) atoms. The third-order valence-corrected chi connectivity index (χ3v) is 5.29. The average molecular weight is 470 g/mol. The van der Waals surface area contributed by atoms with E-state index in [-0.39, 0.29) is 22.6 Å². The van der Waals surface area contributed by atoms with Crippen LogP contribution in [0.3, 0.4) is 0 Å². The van der Waals surface area contributed by atoms with E-state index in [2.05, 4.69) is 15.7 Å². The van der Waals surface area contributed by atoms with Gasteiger partial charge in [-0.2, -0.15) is 5.10 Å². The fraction of sp³-hybridized carbons (Fsp3) is 0.0385. The number of rotatable bonds is 6. The molecular formula is C26H19FN4O4. The van der Waals surface area contributed by atoms with Crippen molar-refractivity contribution in [2.45, 2.75) is 6.92 Å². The first-order valence-corrected chi connectivity index (χ1v) is 10.7. The van der Waals surface area contributed by atoms with E-state index in [1.807, 2.05) is 30.3 Å². The Morgan fingerprint density at radius 2 is 1.71 bits per heavy atom. The standard InChI is InChI=1S/C26H19FN4O4/c1-16-19(11-13-34-16)25(32)29-21-14-17(9-10-20(21)27)28-26(33)23-15-22(24-8-5-12-35-24)30-31(23)18-6-3-2-4-7-18/h2-15H,1H3,(H,28,33)(H,29,32). The van der Waals surface area contributed by atoms with Crippen molar-refractivity contribution in [1.29, 1.82) is 0 Å². The molecule has 0 aliphatic rings. The highest BCUT2D eigenvalue weighted by Gasteiger charge is 2.20. The molecule has 0 aliphatic carbocycles. The molecule has 0 bridgehead atoms. The summed E-state index contributed by atoms with van der Waals surface area (Å²) in [6.45, 7) is 1.63. The summed E-state index contributed by atoms with van der Waals surface area (Å²) in [5.41, 5.74) is 1.89. The first-order valence-electron chi connectivity index (χ1n) is 10.7. The highest BCUT2D eigenvalue weighted by atomic mass is 19.1. The molecule has 0 spiro atoms. The van der Waals surface area contributed by atoms with Gasteiger partial charge in [0.2, 0.25) is 0 Å². The molecule has 0 saturated carbocycles. The van der Waals surface area contributed by atoms with Gasteiger partial charge < -0.3 is 19.5 Å². The molecule has 5 aromatic rings. The minimum atomic E-state index is -0.646. The van der Waals surface area contributed by atoms with Gasteiger partial charge in [0.15, 0.2) is 5.76 Å². The lowest BCUT2D eigenvalue weighted by Crippen LogP contribution is -2.18. The Morgan fingerprint density at radius 3 is 2.43 bits per heavy atom. The van der Waals surface area contributed by atoms with Crippen LogP contribution in [0.5, 0.6) is 0 Å². The van der Waals surface area contributed by atoms with Crippen LogP contribution in [0.15, 0.2) is 94.2 Å². The van der Waals surface area contributed by atoms with Crippen LogP contribution in [0, 0.1) is 12.7 Å². The molecule has 5 rings (SSSR count). The van der Waals surface area contributed by atoms with Gasteiger partial charge in [-0.1, -0.05) is 18.2 Å². The van der Waals surface area contributed by atoms with Gasteiger partial charge in [0.25, 0.3) is 11.8 Å². The van der Waals surface area contributed by atoms with Crippen molar-refractivity contribution < 1.29 is 22.8 Å². The number of furan rings is 2. The minimum Gasteiger partial charge on any atom is -0.469 e. The third kappa shape index (κ3) is 4.47. The molecule has 0 atom stereocenters. The van der Waals surface area contributed by atoms with Gasteiger partial charge in [-0.05, 0) is 55.5 Å². The lowest BCUT2D eigenvalue weighted by Gasteiger charge is -2.11. The molecule has 3 heterocycles. The molecule has 0 saturated heterocycles. The molecule has 0 aliphatic heterocycles. The fourth-order valence-electron chi connectivity index (χ4n) is 3.56. The van der Waals surface area contributed by atoms with E-state index in [9.17, 15) is 14.0 Å². The number of halogens is 1. The highest BCUT2D eigenvalue weighted by Crippen LogP contribution is 2.25. The second-order valence-electron chi connectivity index (χ2n) is 7.63. The van der Waals surface area contributed by atoms with Crippen molar-refractivity contribution >= 4 is 23.2 Å². The maximum atomic E-state index is 14.4. The average Bonchev–Trinajstić information content (AvgIpc) is 3.62. The van der Waals surface area contributed by atoms with Crippen LogP contribution in [0.4, 0.5) is 15.8 Å². The fourth-order valence-corrected chi connectivity index (χ4v) is 3.56. The van der Waals surface area contributed by atoms with Crippen molar-refractivity contribution in [1.82, 2.24) is 9.78 Å². The number of hydrogen-bond acceptors (Lipinski definition) is 5. The maximum Gasteiger partial charge on any atom is 0.274 e. The molecule has 0 fully saturated rings. The summed E-state index contributed by atoms with van der Waals surface area (Å²) in [6.07, 6.45) is 2.90. The summed E-state index contributed by atoms with van der Waals surface area (Å²) in [6, 6.07) is 19.7. The second kappa shape index (κ2) is 9.14. The number of carbonyl (C=O) groups is 2. The summed E-state index contributed by atoms with van der Waals surface area (Å²) in [7, 11) is 0. The highest BCUT2D eigenvalue weighted by molar-refractivity contribution is 6.06. The number of anilines is 2. The molecule has 174 valence electrons. The van der Waals surface area contributed by atoms with E-state index in [1.54, 1.807) is 25.1 Å². The van der Waals surface area contributed by atoms with Gasteiger partial charge in [0.05, 0.1) is 29.5 Å². The number of nitrogens with zero attached hydrogens (tertiary/aromatic N) is 2. The monoisotopic (exact) mass is 470 g/mol. The SMILES string of the molecule is Cc1occc1C(=O)Nc1cc(NC(=O)c2cc(-c3ccco3)nn2-c2ccccc2)ccc1F. The summed E-state index contributed by atoms with van der Waals surface area (Å²) < 4.78 is 26.5. The predicted molar refractivity (Wildman–Crippen MR) is 127 cm³/mol. The zero-order chi connectivity index (χ0) is 24.4. The molecule has 2 aromatic carbocycles. The zero-order valence-electron chi connectivity index (χ0n) is 18.5. The quantitative estimate of drug-likeness (QED) is 0.333. The number of amides is 2. The predicted octanol–water partition coefficient (Wildman–Crippen LogP) is 5.68. The number of aromatic nitrogens is 2. The number of carbonyl (C=O) groups excluding carboxylic acids is 2. The number of para-hydroxylation sites is 1. The van der Waals surface area contributed by atoms with Crippen LogP contribution >= 0.6 is 0 Å². The van der Waals surface area contributed by atoms with Crippen LogP contribution in [-0.4, -0.2) is 21.6 Å². The van der Waals surface area contributed by atoms with Gasteiger partial charge in [0, 0.05) is 11.8 Å². The van der Waals surface area contributed by atoms with E-state index in [0.717, 1.165) is 6.07 Å². The molecule has 9 heteroatoms. The molecule has 0 radical (unpaired) electrons. The van der Waals surface area contributed by atoms with E-state index in [4.69, 9.17) is 8.83 Å². The molecule has 2 amide bonds. The first-order chi connectivity index (χ1) is 17.0. The van der Waals surface area contributed by atoms with Crippen molar-refractivity contribution in [3.8, 4) is 17.1 Å². The number of benzene rings is 2. The van der Waals surface area contributed by atoms with Crippen molar-refractivity contribution in [3.63, 3.8) is 0 Å². The maximum absolute atomic E-state index is 14.4. The van der Waals surface area contributed by atoms with Crippen LogP contribution in [0.2, 0.25) is 0 Å². The van der Waals surface area contributed by atoms with E-state index >= 15 is 0 Å². The third-order valence-electron chi connectivity index (χ3n) is 5.29. The van der Waals surface area contributed by atoms with Crippen LogP contribution in [0.1, 0.15) is 26.6 Å². The largest absolute Gasteiger partial charge is 0.469 e. The Hall–Kier alpha value is -4.92. The van der Waals surface area contributed by atoms with Gasteiger partial charge in [-0.15, -0.1) is 0 Å². The van der Waals surface area contributed by atoms with Crippen molar-refractivity contribution in [2.75, 3.05) is 10.6 Å². The molecular weight excluding hydrogens is 451 g/mol. The Labute approximate surface area is 199 Å². The van der Waals surface area contributed by atoms with E-state index in [0.29, 0.717) is 22.9 Å². The van der Waals surface area contributed by atoms with Gasteiger partial charge in [-0.25, -0.2) is 9.07 Å². The minimum absolute atomic E-state index is 0.0822.